The second-order valence-electron chi connectivity index (χ2n) is 3.83. The van der Waals surface area contributed by atoms with Crippen molar-refractivity contribution in [2.45, 2.75) is 26.3 Å². The standard InChI is InChI=1S/C13H17NO4/c1-3-18-11-6-4-10(5-7-11)12(8-13(16)17)14-9(2)15/h4-7,12H,3,8H2,1-2H3,(H,14,15)(H,16,17)/p-1/t12-/m1/s1. The number of aliphatic carboxylic acids is 1. The number of hydrogen-bond donors (Lipinski definition) is 1. The highest BCUT2D eigenvalue weighted by Crippen LogP contribution is 2.20. The molecule has 0 aliphatic carbocycles. The van der Waals surface area contributed by atoms with E-state index in [2.05, 4.69) is 5.32 Å². The van der Waals surface area contributed by atoms with E-state index in [1.807, 2.05) is 6.92 Å². The Hall–Kier alpha value is -2.04. The molecule has 0 saturated carbocycles. The number of carboxylic acids is 1. The van der Waals surface area contributed by atoms with Crippen LogP contribution in [0.5, 0.6) is 5.75 Å². The molecular formula is C13H16NO4-. The van der Waals surface area contributed by atoms with Crippen molar-refractivity contribution in [2.24, 2.45) is 0 Å². The van der Waals surface area contributed by atoms with Gasteiger partial charge in [0.2, 0.25) is 5.91 Å². The summed E-state index contributed by atoms with van der Waals surface area (Å²) in [6.45, 7) is 3.79. The molecule has 0 aliphatic rings. The fourth-order valence-corrected chi connectivity index (χ4v) is 1.63. The summed E-state index contributed by atoms with van der Waals surface area (Å²) in [7, 11) is 0. The predicted octanol–water partition coefficient (Wildman–Crippen LogP) is 0.402. The van der Waals surface area contributed by atoms with Crippen LogP contribution in [0.1, 0.15) is 31.9 Å². The normalized spacial score (nSPS) is 11.7. The summed E-state index contributed by atoms with van der Waals surface area (Å²) in [5.74, 6) is -0.783. The number of nitrogens with one attached hydrogen (secondary N) is 1. The highest BCUT2D eigenvalue weighted by atomic mass is 16.5. The first-order chi connectivity index (χ1) is 8.52. The van der Waals surface area contributed by atoms with Crippen molar-refractivity contribution in [1.29, 1.82) is 0 Å². The largest absolute Gasteiger partial charge is 0.550 e. The van der Waals surface area contributed by atoms with Crippen molar-refractivity contribution in [3.8, 4) is 5.75 Å². The van der Waals surface area contributed by atoms with E-state index in [-0.39, 0.29) is 12.3 Å². The number of carboxylic acid groups (broad SMARTS) is 1. The summed E-state index contributed by atoms with van der Waals surface area (Å²) < 4.78 is 5.29. The van der Waals surface area contributed by atoms with Gasteiger partial charge in [-0.05, 0) is 24.6 Å². The van der Waals surface area contributed by atoms with Crippen LogP contribution >= 0.6 is 0 Å². The lowest BCUT2D eigenvalue weighted by atomic mass is 10.0. The van der Waals surface area contributed by atoms with Gasteiger partial charge in [0.15, 0.2) is 0 Å². The monoisotopic (exact) mass is 250 g/mol. The number of carbonyl (C=O) groups is 2. The minimum Gasteiger partial charge on any atom is -0.550 e. The fraction of sp³-hybridized carbons (Fsp3) is 0.385. The van der Waals surface area contributed by atoms with Crippen molar-refractivity contribution < 1.29 is 19.4 Å². The third-order valence-corrected chi connectivity index (χ3v) is 2.34. The summed E-state index contributed by atoms with van der Waals surface area (Å²) in [5, 5.41) is 13.2. The number of hydrogen-bond acceptors (Lipinski definition) is 4. The molecule has 0 saturated heterocycles. The summed E-state index contributed by atoms with van der Waals surface area (Å²) >= 11 is 0. The van der Waals surface area contributed by atoms with Gasteiger partial charge in [0, 0.05) is 19.3 Å². The van der Waals surface area contributed by atoms with Crippen molar-refractivity contribution in [1.82, 2.24) is 5.32 Å². The Bertz CT molecular complexity index is 398. The molecule has 0 aliphatic heterocycles. The quantitative estimate of drug-likeness (QED) is 0.792. The lowest BCUT2D eigenvalue weighted by Gasteiger charge is -2.19. The Labute approximate surface area is 106 Å². The lowest BCUT2D eigenvalue weighted by Crippen LogP contribution is -2.33. The Morgan fingerprint density at radius 2 is 1.94 bits per heavy atom. The van der Waals surface area contributed by atoms with Gasteiger partial charge < -0.3 is 20.0 Å². The second-order valence-corrected chi connectivity index (χ2v) is 3.83. The first-order valence-electron chi connectivity index (χ1n) is 5.72. The zero-order valence-corrected chi connectivity index (χ0v) is 10.4. The Balaban J connectivity index is 2.83. The average Bonchev–Trinajstić information content (AvgIpc) is 2.28. The predicted molar refractivity (Wildman–Crippen MR) is 63.8 cm³/mol. The van der Waals surface area contributed by atoms with E-state index < -0.39 is 12.0 Å². The van der Waals surface area contributed by atoms with E-state index >= 15 is 0 Å². The van der Waals surface area contributed by atoms with E-state index in [0.717, 1.165) is 0 Å². The maximum absolute atomic E-state index is 11.0. The van der Waals surface area contributed by atoms with Gasteiger partial charge in [-0.15, -0.1) is 0 Å². The Morgan fingerprint density at radius 3 is 2.39 bits per heavy atom. The summed E-state index contributed by atoms with van der Waals surface area (Å²) in [5.41, 5.74) is 0.706. The number of ether oxygens (including phenoxy) is 1. The topological polar surface area (TPSA) is 78.5 Å². The maximum atomic E-state index is 11.0. The number of carbonyl (C=O) groups excluding carboxylic acids is 2. The third-order valence-electron chi connectivity index (χ3n) is 2.34. The van der Waals surface area contributed by atoms with E-state index in [1.165, 1.54) is 6.92 Å². The van der Waals surface area contributed by atoms with Crippen LogP contribution in [0.3, 0.4) is 0 Å². The zero-order chi connectivity index (χ0) is 13.5. The molecule has 1 rings (SSSR count). The molecule has 1 N–H and O–H groups in total. The molecule has 1 aromatic carbocycles. The van der Waals surface area contributed by atoms with Crippen molar-refractivity contribution in [3.63, 3.8) is 0 Å². The second kappa shape index (κ2) is 6.64. The molecule has 0 radical (unpaired) electrons. The van der Waals surface area contributed by atoms with Crippen LogP contribution in [0.15, 0.2) is 24.3 Å². The van der Waals surface area contributed by atoms with Crippen LogP contribution in [0, 0.1) is 0 Å². The molecule has 18 heavy (non-hydrogen) atoms. The van der Waals surface area contributed by atoms with Crippen LogP contribution in [0.25, 0.3) is 0 Å². The van der Waals surface area contributed by atoms with E-state index in [4.69, 9.17) is 4.74 Å². The minimum atomic E-state index is -1.21. The molecule has 0 aromatic heterocycles. The number of benzene rings is 1. The average molecular weight is 250 g/mol. The van der Waals surface area contributed by atoms with Gasteiger partial charge in [-0.2, -0.15) is 0 Å². The molecule has 0 bridgehead atoms. The molecule has 5 heteroatoms. The van der Waals surface area contributed by atoms with Gasteiger partial charge in [-0.3, -0.25) is 4.79 Å². The van der Waals surface area contributed by atoms with Crippen LogP contribution in [0.4, 0.5) is 0 Å². The first kappa shape index (κ1) is 14.0. The molecule has 0 heterocycles. The molecular weight excluding hydrogens is 234 g/mol. The van der Waals surface area contributed by atoms with E-state index in [0.29, 0.717) is 17.9 Å². The van der Waals surface area contributed by atoms with Crippen LogP contribution in [-0.4, -0.2) is 18.5 Å². The Morgan fingerprint density at radius 1 is 1.33 bits per heavy atom. The maximum Gasteiger partial charge on any atom is 0.217 e. The van der Waals surface area contributed by atoms with Gasteiger partial charge in [0.1, 0.15) is 5.75 Å². The van der Waals surface area contributed by atoms with Crippen molar-refractivity contribution in [3.05, 3.63) is 29.8 Å². The van der Waals surface area contributed by atoms with Crippen LogP contribution < -0.4 is 15.2 Å². The molecule has 1 aromatic rings. The molecule has 0 spiro atoms. The fourth-order valence-electron chi connectivity index (χ4n) is 1.63. The van der Waals surface area contributed by atoms with Crippen LogP contribution in [-0.2, 0) is 9.59 Å². The van der Waals surface area contributed by atoms with Crippen molar-refractivity contribution in [2.75, 3.05) is 6.61 Å². The van der Waals surface area contributed by atoms with E-state index in [9.17, 15) is 14.7 Å². The molecule has 5 nitrogen and oxygen atoms in total. The summed E-state index contributed by atoms with van der Waals surface area (Å²) in [6.07, 6.45) is -0.256. The van der Waals surface area contributed by atoms with Crippen LogP contribution in [0.2, 0.25) is 0 Å². The SMILES string of the molecule is CCOc1ccc([C@@H](CC(=O)[O-])NC(C)=O)cc1. The highest BCUT2D eigenvalue weighted by Gasteiger charge is 2.13. The summed E-state index contributed by atoms with van der Waals surface area (Å²) in [6, 6.07) is 6.36. The lowest BCUT2D eigenvalue weighted by molar-refractivity contribution is -0.306. The minimum absolute atomic E-state index is 0.256. The number of amides is 1. The molecule has 0 fully saturated rings. The van der Waals surface area contributed by atoms with Gasteiger partial charge in [0.25, 0.3) is 0 Å². The molecule has 0 unspecified atom stereocenters. The Kier molecular flexibility index (Phi) is 5.17. The van der Waals surface area contributed by atoms with Gasteiger partial charge >= 0.3 is 0 Å². The first-order valence-corrected chi connectivity index (χ1v) is 5.72. The molecule has 98 valence electrons. The van der Waals surface area contributed by atoms with Gasteiger partial charge in [-0.1, -0.05) is 12.1 Å². The van der Waals surface area contributed by atoms with Gasteiger partial charge in [0.05, 0.1) is 12.6 Å². The molecule has 1 atom stereocenters. The van der Waals surface area contributed by atoms with Crippen molar-refractivity contribution >= 4 is 11.9 Å². The number of rotatable bonds is 6. The zero-order valence-electron chi connectivity index (χ0n) is 10.4. The highest BCUT2D eigenvalue weighted by molar-refractivity contribution is 5.75. The summed E-state index contributed by atoms with van der Waals surface area (Å²) in [4.78, 5) is 21.7. The van der Waals surface area contributed by atoms with E-state index in [1.54, 1.807) is 24.3 Å². The van der Waals surface area contributed by atoms with Gasteiger partial charge in [-0.25, -0.2) is 0 Å². The molecule has 1 amide bonds. The smallest absolute Gasteiger partial charge is 0.217 e. The third kappa shape index (κ3) is 4.45.